The zero-order chi connectivity index (χ0) is 14.9. The molecule has 1 saturated heterocycles. The van der Waals surface area contributed by atoms with E-state index in [1.54, 1.807) is 10.9 Å². The number of benzene rings is 1. The highest BCUT2D eigenvalue weighted by atomic mass is 16.5. The van der Waals surface area contributed by atoms with Gasteiger partial charge in [-0.1, -0.05) is 12.1 Å². The highest BCUT2D eigenvalue weighted by molar-refractivity contribution is 5.97. The Morgan fingerprint density at radius 3 is 2.95 bits per heavy atom. The fourth-order valence-electron chi connectivity index (χ4n) is 2.38. The summed E-state index contributed by atoms with van der Waals surface area (Å²) in [5, 5.41) is 7.15. The smallest absolute Gasteiger partial charge is 0.234 e. The molecule has 0 saturated carbocycles. The number of para-hydroxylation sites is 2. The predicted octanol–water partition coefficient (Wildman–Crippen LogP) is 1.17. The van der Waals surface area contributed by atoms with Gasteiger partial charge in [0, 0.05) is 18.4 Å². The minimum Gasteiger partial charge on any atom is -0.379 e. The van der Waals surface area contributed by atoms with E-state index in [9.17, 15) is 4.79 Å². The molecular weight excluding hydrogens is 268 g/mol. The van der Waals surface area contributed by atoms with E-state index in [-0.39, 0.29) is 11.9 Å². The van der Waals surface area contributed by atoms with Crippen molar-refractivity contribution in [1.82, 2.24) is 9.78 Å². The van der Waals surface area contributed by atoms with Gasteiger partial charge in [0.1, 0.15) is 0 Å². The molecule has 2 aromatic rings. The first-order valence-electron chi connectivity index (χ1n) is 6.85. The van der Waals surface area contributed by atoms with E-state index in [2.05, 4.69) is 10.4 Å². The number of carbonyl (C=O) groups is 1. The van der Waals surface area contributed by atoms with Gasteiger partial charge in [-0.3, -0.25) is 4.79 Å². The van der Waals surface area contributed by atoms with Crippen molar-refractivity contribution in [3.8, 4) is 5.69 Å². The Hall–Kier alpha value is -2.18. The average molecular weight is 286 g/mol. The van der Waals surface area contributed by atoms with Gasteiger partial charge >= 0.3 is 0 Å². The number of amides is 1. The third-order valence-electron chi connectivity index (χ3n) is 3.94. The van der Waals surface area contributed by atoms with Crippen LogP contribution in [0.3, 0.4) is 0 Å². The number of nitrogens with zero attached hydrogens (tertiary/aromatic N) is 2. The summed E-state index contributed by atoms with van der Waals surface area (Å²) in [5.41, 5.74) is 6.80. The van der Waals surface area contributed by atoms with E-state index in [0.717, 1.165) is 5.69 Å². The minimum atomic E-state index is -0.711. The molecule has 1 aliphatic rings. The molecule has 1 fully saturated rings. The lowest BCUT2D eigenvalue weighted by atomic mass is 9.85. The van der Waals surface area contributed by atoms with Crippen molar-refractivity contribution < 1.29 is 9.53 Å². The lowest BCUT2D eigenvalue weighted by Crippen LogP contribution is -2.47. The van der Waals surface area contributed by atoms with Crippen LogP contribution < -0.4 is 11.1 Å². The molecule has 21 heavy (non-hydrogen) atoms. The molecule has 6 nitrogen and oxygen atoms in total. The summed E-state index contributed by atoms with van der Waals surface area (Å²) in [5.74, 6) is -0.132. The van der Waals surface area contributed by atoms with Crippen LogP contribution in [0.1, 0.15) is 6.92 Å². The number of rotatable bonds is 3. The lowest BCUT2D eigenvalue weighted by Gasteiger charge is -2.26. The monoisotopic (exact) mass is 286 g/mol. The molecule has 6 heteroatoms. The molecule has 2 atom stereocenters. The van der Waals surface area contributed by atoms with Gasteiger partial charge in [0.15, 0.2) is 0 Å². The number of carbonyl (C=O) groups excluding carboxylic acids is 1. The number of ether oxygens (including phenoxy) is 1. The quantitative estimate of drug-likeness (QED) is 0.887. The van der Waals surface area contributed by atoms with Crippen LogP contribution in [-0.4, -0.2) is 34.9 Å². The summed E-state index contributed by atoms with van der Waals surface area (Å²) in [6.45, 7) is 2.57. The van der Waals surface area contributed by atoms with Gasteiger partial charge in [0.25, 0.3) is 0 Å². The summed E-state index contributed by atoms with van der Waals surface area (Å²) in [6.07, 6.45) is 3.53. The second-order valence-corrected chi connectivity index (χ2v) is 5.46. The minimum absolute atomic E-state index is 0.132. The van der Waals surface area contributed by atoms with E-state index < -0.39 is 5.41 Å². The van der Waals surface area contributed by atoms with Gasteiger partial charge in [-0.2, -0.15) is 5.10 Å². The Kier molecular flexibility index (Phi) is 3.48. The molecular formula is C15H18N4O2. The van der Waals surface area contributed by atoms with Crippen molar-refractivity contribution in [2.24, 2.45) is 11.1 Å². The van der Waals surface area contributed by atoms with Crippen LogP contribution in [-0.2, 0) is 9.53 Å². The van der Waals surface area contributed by atoms with Crippen molar-refractivity contribution in [2.75, 3.05) is 18.5 Å². The van der Waals surface area contributed by atoms with Gasteiger partial charge < -0.3 is 15.8 Å². The van der Waals surface area contributed by atoms with E-state index in [1.807, 2.05) is 43.5 Å². The molecule has 2 heterocycles. The van der Waals surface area contributed by atoms with Gasteiger partial charge in [-0.05, 0) is 25.1 Å². The first kappa shape index (κ1) is 13.8. The molecule has 0 aliphatic carbocycles. The van der Waals surface area contributed by atoms with Crippen LogP contribution in [0, 0.1) is 5.41 Å². The summed E-state index contributed by atoms with van der Waals surface area (Å²) in [7, 11) is 0. The highest BCUT2D eigenvalue weighted by Crippen LogP contribution is 2.30. The van der Waals surface area contributed by atoms with Crippen molar-refractivity contribution in [1.29, 1.82) is 0 Å². The number of anilines is 1. The van der Waals surface area contributed by atoms with Crippen molar-refractivity contribution >= 4 is 11.6 Å². The van der Waals surface area contributed by atoms with Crippen LogP contribution in [0.25, 0.3) is 5.69 Å². The van der Waals surface area contributed by atoms with Crippen LogP contribution in [0.5, 0.6) is 0 Å². The molecule has 0 radical (unpaired) electrons. The van der Waals surface area contributed by atoms with E-state index in [1.165, 1.54) is 0 Å². The second-order valence-electron chi connectivity index (χ2n) is 5.46. The van der Waals surface area contributed by atoms with E-state index in [0.29, 0.717) is 18.9 Å². The van der Waals surface area contributed by atoms with Gasteiger partial charge in [-0.15, -0.1) is 0 Å². The Balaban J connectivity index is 1.87. The first-order valence-corrected chi connectivity index (χ1v) is 6.85. The normalized spacial score (nSPS) is 25.0. The number of hydrogen-bond donors (Lipinski definition) is 2. The number of aromatic nitrogens is 2. The molecule has 3 rings (SSSR count). The van der Waals surface area contributed by atoms with E-state index >= 15 is 0 Å². The zero-order valence-electron chi connectivity index (χ0n) is 11.8. The maximum Gasteiger partial charge on any atom is 0.234 e. The standard InChI is InChI=1S/C15H18N4O2/c1-15(10-21-9-13(15)16)14(20)18-11-5-2-3-6-12(11)19-8-4-7-17-19/h2-8,13H,9-10,16H2,1H3,(H,18,20). The predicted molar refractivity (Wildman–Crippen MR) is 79.1 cm³/mol. The van der Waals surface area contributed by atoms with Gasteiger partial charge in [-0.25, -0.2) is 4.68 Å². The Labute approximate surface area is 122 Å². The Morgan fingerprint density at radius 1 is 1.48 bits per heavy atom. The molecule has 110 valence electrons. The van der Waals surface area contributed by atoms with Crippen molar-refractivity contribution in [3.05, 3.63) is 42.7 Å². The average Bonchev–Trinajstić information content (AvgIpc) is 3.11. The highest BCUT2D eigenvalue weighted by Gasteiger charge is 2.44. The zero-order valence-corrected chi connectivity index (χ0v) is 11.8. The molecule has 0 spiro atoms. The molecule has 2 unspecified atom stereocenters. The number of nitrogens with two attached hydrogens (primary N) is 1. The van der Waals surface area contributed by atoms with Gasteiger partial charge in [0.2, 0.25) is 5.91 Å². The fraction of sp³-hybridized carbons (Fsp3) is 0.333. The second kappa shape index (κ2) is 5.31. The first-order chi connectivity index (χ1) is 10.1. The summed E-state index contributed by atoms with van der Waals surface area (Å²) < 4.78 is 7.04. The van der Waals surface area contributed by atoms with Crippen LogP contribution in [0.15, 0.2) is 42.7 Å². The van der Waals surface area contributed by atoms with E-state index in [4.69, 9.17) is 10.5 Å². The van der Waals surface area contributed by atoms with Gasteiger partial charge in [0.05, 0.1) is 30.0 Å². The summed E-state index contributed by atoms with van der Waals surface area (Å²) >= 11 is 0. The number of nitrogens with one attached hydrogen (secondary N) is 1. The van der Waals surface area contributed by atoms with Crippen molar-refractivity contribution in [2.45, 2.75) is 13.0 Å². The molecule has 1 aromatic heterocycles. The summed E-state index contributed by atoms with van der Waals surface area (Å²) in [4.78, 5) is 12.6. The van der Waals surface area contributed by atoms with Crippen LogP contribution in [0.4, 0.5) is 5.69 Å². The fourth-order valence-corrected chi connectivity index (χ4v) is 2.38. The summed E-state index contributed by atoms with van der Waals surface area (Å²) in [6, 6.07) is 9.06. The third-order valence-corrected chi connectivity index (χ3v) is 3.94. The largest absolute Gasteiger partial charge is 0.379 e. The molecule has 3 N–H and O–H groups in total. The third kappa shape index (κ3) is 2.43. The lowest BCUT2D eigenvalue weighted by molar-refractivity contribution is -0.125. The molecule has 1 aliphatic heterocycles. The topological polar surface area (TPSA) is 82.2 Å². The van der Waals surface area contributed by atoms with Crippen molar-refractivity contribution in [3.63, 3.8) is 0 Å². The number of hydrogen-bond acceptors (Lipinski definition) is 4. The van der Waals surface area contributed by atoms with Crippen LogP contribution >= 0.6 is 0 Å². The maximum atomic E-state index is 12.6. The SMILES string of the molecule is CC1(C(=O)Nc2ccccc2-n2cccn2)COCC1N. The molecule has 1 amide bonds. The molecule has 1 aromatic carbocycles. The maximum absolute atomic E-state index is 12.6. The Bertz CT molecular complexity index is 641. The Morgan fingerprint density at radius 2 is 2.29 bits per heavy atom. The van der Waals surface area contributed by atoms with Crippen LogP contribution in [0.2, 0.25) is 0 Å². The molecule has 0 bridgehead atoms.